The van der Waals surface area contributed by atoms with E-state index in [2.05, 4.69) is 0 Å². The summed E-state index contributed by atoms with van der Waals surface area (Å²) in [5.74, 6) is 0. The summed E-state index contributed by atoms with van der Waals surface area (Å²) in [6.45, 7) is 1.19. The maximum Gasteiger partial charge on any atom is 3.00 e. The van der Waals surface area contributed by atoms with Crippen molar-refractivity contribution < 1.29 is 36.3 Å². The van der Waals surface area contributed by atoms with E-state index >= 15 is 0 Å². The molecule has 0 heterocycles. The number of hydrogen-bond acceptors (Lipinski definition) is 6. The second-order valence-electron chi connectivity index (χ2n) is 1.02. The molecule has 0 rings (SSSR count). The molecule has 62 valence electrons. The molecule has 4 N–H and O–H groups in total. The molecule has 0 aliphatic heterocycles. The van der Waals surface area contributed by atoms with E-state index in [-0.39, 0.29) is 17.1 Å². The van der Waals surface area contributed by atoms with Crippen molar-refractivity contribution in [3.05, 3.63) is 0 Å². The Morgan fingerprint density at radius 1 is 1.10 bits per heavy atom. The van der Waals surface area contributed by atoms with Gasteiger partial charge in [0.15, 0.2) is 0 Å². The zero-order valence-corrected chi connectivity index (χ0v) is 7.10. The van der Waals surface area contributed by atoms with Crippen LogP contribution in [0.5, 0.6) is 0 Å². The molecule has 0 radical (unpaired) electrons. The maximum absolute atomic E-state index is 8.55. The molecule has 8 heteroatoms. The molecule has 0 saturated carbocycles. The fourth-order valence-electron chi connectivity index (χ4n) is 0. The monoisotopic (exact) mass is 210 g/mol. The van der Waals surface area contributed by atoms with Crippen molar-refractivity contribution in [2.75, 3.05) is 13.1 Å². The molecule has 0 unspecified atom stereocenters. The Kier molecular flexibility index (Phi) is 16.1. The van der Waals surface area contributed by atoms with Crippen LogP contribution in [0.25, 0.3) is 0 Å². The van der Waals surface area contributed by atoms with Crippen LogP contribution in [-0.4, -0.2) is 13.1 Å². The van der Waals surface area contributed by atoms with Gasteiger partial charge in [0.2, 0.25) is 0 Å². The Labute approximate surface area is 69.3 Å². The molecule has 0 aliphatic rings. The van der Waals surface area contributed by atoms with E-state index < -0.39 is 7.82 Å². The fraction of sp³-hybridized carbons (Fsp3) is 1.00. The largest absolute Gasteiger partial charge is 3.00 e. The molecule has 0 saturated heterocycles. The summed E-state index contributed by atoms with van der Waals surface area (Å²) in [6, 6.07) is 0. The molecule has 0 atom stereocenters. The van der Waals surface area contributed by atoms with Gasteiger partial charge in [-0.1, -0.05) is 0 Å². The van der Waals surface area contributed by atoms with Gasteiger partial charge in [-0.05, 0) is 0 Å². The number of hydrogen-bond donors (Lipinski definition) is 2. The van der Waals surface area contributed by atoms with Crippen molar-refractivity contribution in [2.45, 2.75) is 0 Å². The zero-order valence-electron chi connectivity index (χ0n) is 5.03. The van der Waals surface area contributed by atoms with Crippen molar-refractivity contribution in [2.24, 2.45) is 11.5 Å². The van der Waals surface area contributed by atoms with Crippen LogP contribution >= 0.6 is 7.82 Å². The minimum absolute atomic E-state index is 0. The molecule has 0 fully saturated rings. The van der Waals surface area contributed by atoms with Gasteiger partial charge in [-0.25, -0.2) is 0 Å². The van der Waals surface area contributed by atoms with Crippen molar-refractivity contribution in [3.63, 3.8) is 0 Å². The molecule has 0 aromatic heterocycles. The van der Waals surface area contributed by atoms with Gasteiger partial charge in [0.05, 0.1) is 0 Å². The van der Waals surface area contributed by atoms with Crippen LogP contribution in [0.2, 0.25) is 0 Å². The molecule has 6 nitrogen and oxygen atoms in total. The molecule has 0 aliphatic carbocycles. The third kappa shape index (κ3) is 203. The van der Waals surface area contributed by atoms with E-state index in [1.807, 2.05) is 0 Å². The second kappa shape index (κ2) is 9.55. The SMILES string of the molecule is NCCN.O=P([O-])([O-])[O-].[Mn+3]. The van der Waals surface area contributed by atoms with Crippen molar-refractivity contribution in [3.8, 4) is 0 Å². The summed E-state index contributed by atoms with van der Waals surface area (Å²) in [4.78, 5) is 25.6. The topological polar surface area (TPSA) is 138 Å². The van der Waals surface area contributed by atoms with Crippen LogP contribution < -0.4 is 26.1 Å². The van der Waals surface area contributed by atoms with Crippen LogP contribution in [0.1, 0.15) is 0 Å². The Morgan fingerprint density at radius 3 is 1.20 bits per heavy atom. The Bertz CT molecular complexity index is 85.0. The second-order valence-corrected chi connectivity index (χ2v) is 1.92. The third-order valence-corrected chi connectivity index (χ3v) is 0.167. The van der Waals surface area contributed by atoms with Crippen LogP contribution in [0.4, 0.5) is 0 Å². The van der Waals surface area contributed by atoms with Crippen LogP contribution in [0, 0.1) is 0 Å². The first kappa shape index (κ1) is 16.9. The van der Waals surface area contributed by atoms with Gasteiger partial charge in [-0.3, -0.25) is 0 Å². The number of nitrogens with two attached hydrogens (primary N) is 2. The van der Waals surface area contributed by atoms with Crippen molar-refractivity contribution in [1.82, 2.24) is 0 Å². The number of rotatable bonds is 1. The van der Waals surface area contributed by atoms with Gasteiger partial charge in [-0.2, -0.15) is 7.82 Å². The first-order valence-corrected chi connectivity index (χ1v) is 3.51. The van der Waals surface area contributed by atoms with Gasteiger partial charge < -0.3 is 30.7 Å². The van der Waals surface area contributed by atoms with Gasteiger partial charge in [-0.15, -0.1) is 0 Å². The average molecular weight is 210 g/mol. The minimum Gasteiger partial charge on any atom is -0.822 e. The number of phosphoric acid groups is 1. The maximum atomic E-state index is 8.55. The summed E-state index contributed by atoms with van der Waals surface area (Å²) in [5, 5.41) is 0. The molecule has 0 amide bonds. The van der Waals surface area contributed by atoms with E-state index in [1.54, 1.807) is 0 Å². The van der Waals surface area contributed by atoms with E-state index in [0.717, 1.165) is 0 Å². The molecular weight excluding hydrogens is 202 g/mol. The molecule has 10 heavy (non-hydrogen) atoms. The summed E-state index contributed by atoms with van der Waals surface area (Å²) in [5.41, 5.74) is 9.81. The minimum atomic E-state index is -5.39. The van der Waals surface area contributed by atoms with Crippen LogP contribution in [-0.2, 0) is 21.6 Å². The molecular formula is C2H8MnN2O4P. The summed E-state index contributed by atoms with van der Waals surface area (Å²) in [6.07, 6.45) is 0. The van der Waals surface area contributed by atoms with Gasteiger partial charge in [0.25, 0.3) is 0 Å². The van der Waals surface area contributed by atoms with Crippen LogP contribution in [0.3, 0.4) is 0 Å². The molecule has 0 spiro atoms. The molecule has 0 aromatic carbocycles. The zero-order chi connectivity index (χ0) is 7.91. The molecule has 0 aromatic rings. The van der Waals surface area contributed by atoms with E-state index in [1.165, 1.54) is 0 Å². The van der Waals surface area contributed by atoms with Crippen molar-refractivity contribution in [1.29, 1.82) is 0 Å². The third-order valence-electron chi connectivity index (χ3n) is 0.167. The standard InChI is InChI=1S/C2H8N2.Mn.H3O4P/c3-1-2-4;;1-5(2,3)4/h1-4H2;;(H3,1,2,3,4)/q;+3;/p-3. The van der Waals surface area contributed by atoms with Crippen LogP contribution in [0.15, 0.2) is 0 Å². The summed E-state index contributed by atoms with van der Waals surface area (Å²) < 4.78 is 8.55. The Balaban J connectivity index is -0.0000000910. The van der Waals surface area contributed by atoms with E-state index in [4.69, 9.17) is 30.7 Å². The predicted octanol–water partition coefficient (Wildman–Crippen LogP) is -3.92. The fourth-order valence-corrected chi connectivity index (χ4v) is 0. The Morgan fingerprint density at radius 2 is 1.20 bits per heavy atom. The quantitative estimate of drug-likeness (QED) is 0.334. The average Bonchev–Trinajstić information content (AvgIpc) is 1.61. The van der Waals surface area contributed by atoms with Crippen molar-refractivity contribution >= 4 is 7.82 Å². The van der Waals surface area contributed by atoms with Gasteiger partial charge in [0.1, 0.15) is 0 Å². The normalized spacial score (nSPS) is 8.90. The van der Waals surface area contributed by atoms with E-state index in [9.17, 15) is 0 Å². The Hall–Kier alpha value is 0.549. The predicted molar refractivity (Wildman–Crippen MR) is 25.7 cm³/mol. The summed E-state index contributed by atoms with van der Waals surface area (Å²) >= 11 is 0. The van der Waals surface area contributed by atoms with Gasteiger partial charge >= 0.3 is 17.1 Å². The first-order valence-electron chi connectivity index (χ1n) is 2.05. The smallest absolute Gasteiger partial charge is 0.822 e. The van der Waals surface area contributed by atoms with Gasteiger partial charge in [0, 0.05) is 13.1 Å². The molecule has 0 bridgehead atoms. The first-order chi connectivity index (χ1) is 3.91. The summed E-state index contributed by atoms with van der Waals surface area (Å²) in [7, 11) is -5.39. The van der Waals surface area contributed by atoms with E-state index in [0.29, 0.717) is 13.1 Å².